The Labute approximate surface area is 147 Å². The van der Waals surface area contributed by atoms with Crippen LogP contribution in [0.1, 0.15) is 33.6 Å². The highest BCUT2D eigenvalue weighted by molar-refractivity contribution is 5.91. The van der Waals surface area contributed by atoms with E-state index in [-0.39, 0.29) is 11.9 Å². The molecule has 0 spiro atoms. The van der Waals surface area contributed by atoms with Crippen LogP contribution < -0.4 is 0 Å². The number of esters is 2. The van der Waals surface area contributed by atoms with Crippen LogP contribution in [0, 0.1) is 17.3 Å². The van der Waals surface area contributed by atoms with Gasteiger partial charge in [0.1, 0.15) is 17.3 Å². The molecule has 0 aromatic carbocycles. The molecule has 2 aliphatic heterocycles. The van der Waals surface area contributed by atoms with Gasteiger partial charge < -0.3 is 14.6 Å². The highest BCUT2D eigenvalue weighted by Gasteiger charge is 2.51. The van der Waals surface area contributed by atoms with E-state index in [9.17, 15) is 14.7 Å². The van der Waals surface area contributed by atoms with Crippen LogP contribution in [0.25, 0.3) is 0 Å². The fourth-order valence-corrected chi connectivity index (χ4v) is 3.90. The third-order valence-corrected chi connectivity index (χ3v) is 5.48. The van der Waals surface area contributed by atoms with Gasteiger partial charge in [-0.25, -0.2) is 4.79 Å². The first kappa shape index (κ1) is 17.7. The number of carbonyl (C=O) groups excluding carboxylic acids is 2. The fraction of sp³-hybridized carbons (Fsp3) is 0.500. The van der Waals surface area contributed by atoms with Gasteiger partial charge in [0.15, 0.2) is 0 Å². The van der Waals surface area contributed by atoms with E-state index in [4.69, 9.17) is 9.47 Å². The molecule has 3 rings (SSSR count). The van der Waals surface area contributed by atoms with Gasteiger partial charge in [-0.2, -0.15) is 0 Å². The number of rotatable bonds is 2. The molecule has 1 N–H and O–H groups in total. The second-order valence-electron chi connectivity index (χ2n) is 7.54. The zero-order chi connectivity index (χ0) is 18.5. The highest BCUT2D eigenvalue weighted by Crippen LogP contribution is 2.45. The molecule has 5 atom stereocenters. The zero-order valence-electron chi connectivity index (χ0n) is 14.9. The number of aliphatic hydroxyl groups excluding tert-OH is 1. The molecular weight excluding hydrogens is 320 g/mol. The molecular formula is C20H24O5. The molecule has 4 bridgehead atoms. The molecule has 0 aromatic rings. The molecule has 5 nitrogen and oxygen atoms in total. The molecule has 1 aliphatic carbocycles. The number of ether oxygens (including phenoxy) is 2. The summed E-state index contributed by atoms with van der Waals surface area (Å²) in [7, 11) is 0. The van der Waals surface area contributed by atoms with Gasteiger partial charge in [-0.05, 0) is 45.8 Å². The quantitative estimate of drug-likeness (QED) is 0.616. The smallest absolute Gasteiger partial charge is 0.334 e. The minimum absolute atomic E-state index is 0.331. The molecule has 134 valence electrons. The Balaban J connectivity index is 2.13. The van der Waals surface area contributed by atoms with Crippen molar-refractivity contribution >= 4 is 11.9 Å². The Hall–Kier alpha value is -2.14. The molecule has 0 saturated heterocycles. The van der Waals surface area contributed by atoms with Crippen LogP contribution in [0.4, 0.5) is 0 Å². The van der Waals surface area contributed by atoms with Crippen molar-refractivity contribution < 1.29 is 24.2 Å². The number of fused-ring (bicyclic) bond motifs is 2. The number of carbonyl (C=O) groups is 2. The van der Waals surface area contributed by atoms with Gasteiger partial charge in [-0.3, -0.25) is 4.79 Å². The standard InChI is InChI=1S/C20H24O5/c1-10(2)13-7-6-12-8-14(24-18(12)22)16(11(3)4)15-9-20(5,17(13)21)19(23)25-15/h8-9,13-14,16-17,21H,1,3,6-7H2,2,4-5H3. The summed E-state index contributed by atoms with van der Waals surface area (Å²) in [5.41, 5.74) is 0.918. The molecule has 2 heterocycles. The minimum atomic E-state index is -1.16. The van der Waals surface area contributed by atoms with Crippen molar-refractivity contribution in [2.45, 2.75) is 45.8 Å². The molecule has 3 aliphatic rings. The van der Waals surface area contributed by atoms with Gasteiger partial charge in [-0.15, -0.1) is 0 Å². The molecule has 0 aromatic heterocycles. The van der Waals surface area contributed by atoms with Crippen molar-refractivity contribution in [3.8, 4) is 0 Å². The van der Waals surface area contributed by atoms with Gasteiger partial charge in [0.2, 0.25) is 0 Å². The Morgan fingerprint density at radius 2 is 1.96 bits per heavy atom. The van der Waals surface area contributed by atoms with Crippen molar-refractivity contribution in [1.82, 2.24) is 0 Å². The normalized spacial score (nSPS) is 37.4. The second-order valence-corrected chi connectivity index (χ2v) is 7.54. The van der Waals surface area contributed by atoms with E-state index in [0.29, 0.717) is 24.2 Å². The Morgan fingerprint density at radius 3 is 2.56 bits per heavy atom. The topological polar surface area (TPSA) is 72.8 Å². The van der Waals surface area contributed by atoms with E-state index >= 15 is 0 Å². The fourth-order valence-electron chi connectivity index (χ4n) is 3.90. The summed E-state index contributed by atoms with van der Waals surface area (Å²) in [5.74, 6) is -1.25. The highest BCUT2D eigenvalue weighted by atomic mass is 16.6. The number of hydrogen-bond acceptors (Lipinski definition) is 5. The van der Waals surface area contributed by atoms with Crippen molar-refractivity contribution in [3.63, 3.8) is 0 Å². The lowest BCUT2D eigenvalue weighted by Crippen LogP contribution is -2.41. The third kappa shape index (κ3) is 2.76. The molecule has 0 saturated carbocycles. The van der Waals surface area contributed by atoms with Crippen LogP contribution >= 0.6 is 0 Å². The van der Waals surface area contributed by atoms with Gasteiger partial charge in [0.25, 0.3) is 0 Å². The number of aliphatic hydroxyl groups is 1. The molecule has 0 radical (unpaired) electrons. The minimum Gasteiger partial charge on any atom is -0.454 e. The van der Waals surface area contributed by atoms with E-state index in [1.165, 1.54) is 0 Å². The lowest BCUT2D eigenvalue weighted by atomic mass is 9.74. The van der Waals surface area contributed by atoms with Crippen molar-refractivity contribution in [2.24, 2.45) is 17.3 Å². The van der Waals surface area contributed by atoms with E-state index in [2.05, 4.69) is 13.2 Å². The van der Waals surface area contributed by atoms with Gasteiger partial charge in [0.05, 0.1) is 12.0 Å². The van der Waals surface area contributed by atoms with Crippen LogP contribution in [0.2, 0.25) is 0 Å². The Morgan fingerprint density at radius 1 is 1.28 bits per heavy atom. The molecule has 5 unspecified atom stereocenters. The van der Waals surface area contributed by atoms with E-state index in [1.54, 1.807) is 26.0 Å². The first-order chi connectivity index (χ1) is 11.6. The monoisotopic (exact) mass is 344 g/mol. The summed E-state index contributed by atoms with van der Waals surface area (Å²) in [4.78, 5) is 24.8. The summed E-state index contributed by atoms with van der Waals surface area (Å²) >= 11 is 0. The van der Waals surface area contributed by atoms with Crippen LogP contribution in [-0.2, 0) is 19.1 Å². The summed E-state index contributed by atoms with van der Waals surface area (Å²) in [6, 6.07) is 0. The van der Waals surface area contributed by atoms with Crippen molar-refractivity contribution in [3.05, 3.63) is 47.8 Å². The predicted molar refractivity (Wildman–Crippen MR) is 92.1 cm³/mol. The largest absolute Gasteiger partial charge is 0.454 e. The number of hydrogen-bond donors (Lipinski definition) is 1. The van der Waals surface area contributed by atoms with E-state index < -0.39 is 29.5 Å². The maximum absolute atomic E-state index is 12.6. The molecule has 25 heavy (non-hydrogen) atoms. The van der Waals surface area contributed by atoms with Crippen molar-refractivity contribution in [2.75, 3.05) is 0 Å². The maximum atomic E-state index is 12.6. The first-order valence-corrected chi connectivity index (χ1v) is 8.50. The summed E-state index contributed by atoms with van der Waals surface area (Å²) in [6.45, 7) is 13.2. The lowest BCUT2D eigenvalue weighted by Gasteiger charge is -2.32. The molecule has 0 amide bonds. The van der Waals surface area contributed by atoms with Crippen LogP contribution in [0.5, 0.6) is 0 Å². The Kier molecular flexibility index (Phi) is 4.23. The third-order valence-electron chi connectivity index (χ3n) is 5.48. The lowest BCUT2D eigenvalue weighted by molar-refractivity contribution is -0.151. The summed E-state index contributed by atoms with van der Waals surface area (Å²) in [5, 5.41) is 11.0. The van der Waals surface area contributed by atoms with Crippen molar-refractivity contribution in [1.29, 1.82) is 0 Å². The zero-order valence-corrected chi connectivity index (χ0v) is 14.9. The Bertz CT molecular complexity index is 728. The summed E-state index contributed by atoms with van der Waals surface area (Å²) < 4.78 is 11.0. The average molecular weight is 344 g/mol. The van der Waals surface area contributed by atoms with Gasteiger partial charge in [-0.1, -0.05) is 24.3 Å². The van der Waals surface area contributed by atoms with Crippen LogP contribution in [0.15, 0.2) is 47.8 Å². The average Bonchev–Trinajstić information content (AvgIpc) is 2.99. The first-order valence-electron chi connectivity index (χ1n) is 8.50. The predicted octanol–water partition coefficient (Wildman–Crippen LogP) is 2.82. The molecule has 0 fully saturated rings. The van der Waals surface area contributed by atoms with E-state index in [0.717, 1.165) is 11.1 Å². The second kappa shape index (κ2) is 5.99. The van der Waals surface area contributed by atoms with Crippen LogP contribution in [-0.4, -0.2) is 29.3 Å². The SMILES string of the molecule is C=C(C)C1CCC2=CC(OC2=O)C(C(=C)C)C2=CC(C)(C(=O)O2)C1O. The van der Waals surface area contributed by atoms with Gasteiger partial charge >= 0.3 is 11.9 Å². The maximum Gasteiger partial charge on any atom is 0.334 e. The van der Waals surface area contributed by atoms with Crippen LogP contribution in [0.3, 0.4) is 0 Å². The van der Waals surface area contributed by atoms with E-state index in [1.807, 2.05) is 6.92 Å². The van der Waals surface area contributed by atoms with Gasteiger partial charge in [0, 0.05) is 11.5 Å². The summed E-state index contributed by atoms with van der Waals surface area (Å²) in [6.07, 6.45) is 2.91. The molecule has 5 heteroatoms.